The van der Waals surface area contributed by atoms with Crippen LogP contribution < -0.4 is 10.1 Å². The molecule has 2 atom stereocenters. The fourth-order valence-corrected chi connectivity index (χ4v) is 3.36. The molecular formula is C17H19NO3S. The summed E-state index contributed by atoms with van der Waals surface area (Å²) >= 11 is 1.53. The third-order valence-corrected chi connectivity index (χ3v) is 4.68. The van der Waals surface area contributed by atoms with Crippen LogP contribution in [0.15, 0.2) is 41.1 Å². The number of hydrogen-bond acceptors (Lipinski definition) is 4. The van der Waals surface area contributed by atoms with Crippen LogP contribution in [-0.4, -0.2) is 24.2 Å². The molecule has 1 aliphatic rings. The van der Waals surface area contributed by atoms with E-state index in [1.807, 2.05) is 41.1 Å². The zero-order valence-corrected chi connectivity index (χ0v) is 13.2. The quantitative estimate of drug-likeness (QED) is 0.910. The Hall–Kier alpha value is -1.85. The zero-order chi connectivity index (χ0) is 15.6. The first kappa shape index (κ1) is 15.1. The lowest BCUT2D eigenvalue weighted by Gasteiger charge is -2.27. The van der Waals surface area contributed by atoms with Crippen molar-refractivity contribution < 1.29 is 14.6 Å². The van der Waals surface area contributed by atoms with Gasteiger partial charge in [-0.3, -0.25) is 4.79 Å². The largest absolute Gasteiger partial charge is 0.492 e. The molecule has 0 radical (unpaired) electrons. The lowest BCUT2D eigenvalue weighted by atomic mass is 9.95. The van der Waals surface area contributed by atoms with Crippen molar-refractivity contribution in [3.05, 3.63) is 52.2 Å². The van der Waals surface area contributed by atoms with E-state index in [4.69, 9.17) is 4.74 Å². The summed E-state index contributed by atoms with van der Waals surface area (Å²) in [6.45, 7) is 2.28. The van der Waals surface area contributed by atoms with E-state index < -0.39 is 5.60 Å². The third-order valence-electron chi connectivity index (χ3n) is 4.00. The van der Waals surface area contributed by atoms with E-state index in [-0.39, 0.29) is 18.4 Å². The number of thiophene rings is 1. The SMILES string of the molecule is CC(O)(CNC(=O)C1COc2ccccc2C1)c1ccsc1. The van der Waals surface area contributed by atoms with Crippen LogP contribution in [0.25, 0.3) is 0 Å². The van der Waals surface area contributed by atoms with Crippen molar-refractivity contribution in [2.45, 2.75) is 18.9 Å². The molecule has 1 amide bonds. The van der Waals surface area contributed by atoms with E-state index in [0.29, 0.717) is 13.0 Å². The molecule has 0 saturated carbocycles. The number of ether oxygens (including phenoxy) is 1. The average molecular weight is 317 g/mol. The molecule has 1 aliphatic heterocycles. The van der Waals surface area contributed by atoms with Crippen molar-refractivity contribution in [3.8, 4) is 5.75 Å². The van der Waals surface area contributed by atoms with Crippen molar-refractivity contribution in [2.24, 2.45) is 5.92 Å². The van der Waals surface area contributed by atoms with Crippen LogP contribution >= 0.6 is 11.3 Å². The summed E-state index contributed by atoms with van der Waals surface area (Å²) in [7, 11) is 0. The van der Waals surface area contributed by atoms with Crippen LogP contribution in [0, 0.1) is 5.92 Å². The van der Waals surface area contributed by atoms with Crippen LogP contribution in [0.1, 0.15) is 18.1 Å². The second-order valence-electron chi connectivity index (χ2n) is 5.82. The lowest BCUT2D eigenvalue weighted by molar-refractivity contribution is -0.127. The van der Waals surface area contributed by atoms with Gasteiger partial charge in [0, 0.05) is 0 Å². The van der Waals surface area contributed by atoms with Crippen molar-refractivity contribution in [1.82, 2.24) is 5.32 Å². The Bertz CT molecular complexity index is 652. The van der Waals surface area contributed by atoms with Crippen LogP contribution in [0.3, 0.4) is 0 Å². The number of aliphatic hydroxyl groups is 1. The van der Waals surface area contributed by atoms with Gasteiger partial charge in [-0.05, 0) is 47.4 Å². The average Bonchev–Trinajstić information content (AvgIpc) is 3.07. The first-order valence-electron chi connectivity index (χ1n) is 7.30. The number of carbonyl (C=O) groups is 1. The van der Waals surface area contributed by atoms with Crippen LogP contribution in [0.5, 0.6) is 5.75 Å². The molecule has 2 N–H and O–H groups in total. The van der Waals surface area contributed by atoms with Gasteiger partial charge in [-0.15, -0.1) is 0 Å². The molecule has 0 saturated heterocycles. The maximum Gasteiger partial charge on any atom is 0.227 e. The Kier molecular flexibility index (Phi) is 4.18. The van der Waals surface area contributed by atoms with Gasteiger partial charge in [-0.2, -0.15) is 11.3 Å². The van der Waals surface area contributed by atoms with Gasteiger partial charge < -0.3 is 15.2 Å². The van der Waals surface area contributed by atoms with E-state index in [0.717, 1.165) is 16.9 Å². The highest BCUT2D eigenvalue weighted by Gasteiger charge is 2.29. The smallest absolute Gasteiger partial charge is 0.227 e. The molecule has 0 bridgehead atoms. The normalized spacial score (nSPS) is 19.6. The van der Waals surface area contributed by atoms with Gasteiger partial charge in [0.25, 0.3) is 0 Å². The molecule has 0 fully saturated rings. The Morgan fingerprint density at radius 1 is 1.45 bits per heavy atom. The minimum absolute atomic E-state index is 0.0787. The molecule has 1 aromatic heterocycles. The van der Waals surface area contributed by atoms with E-state index in [9.17, 15) is 9.90 Å². The Morgan fingerprint density at radius 2 is 2.27 bits per heavy atom. The molecule has 22 heavy (non-hydrogen) atoms. The maximum atomic E-state index is 12.3. The summed E-state index contributed by atoms with van der Waals surface area (Å²) in [5.74, 6) is 0.565. The molecule has 1 aromatic carbocycles. The number of fused-ring (bicyclic) bond motifs is 1. The number of benzene rings is 1. The van der Waals surface area contributed by atoms with Crippen LogP contribution in [0.2, 0.25) is 0 Å². The van der Waals surface area contributed by atoms with Gasteiger partial charge in [0.2, 0.25) is 5.91 Å². The van der Waals surface area contributed by atoms with Gasteiger partial charge in [-0.25, -0.2) is 0 Å². The lowest BCUT2D eigenvalue weighted by Crippen LogP contribution is -2.43. The molecular weight excluding hydrogens is 298 g/mol. The van der Waals surface area contributed by atoms with Crippen molar-refractivity contribution >= 4 is 17.2 Å². The van der Waals surface area contributed by atoms with Crippen LogP contribution in [0.4, 0.5) is 0 Å². The Morgan fingerprint density at radius 3 is 3.05 bits per heavy atom. The van der Waals surface area contributed by atoms with E-state index in [2.05, 4.69) is 5.32 Å². The van der Waals surface area contributed by atoms with Gasteiger partial charge in [0.1, 0.15) is 18.0 Å². The summed E-state index contributed by atoms with van der Waals surface area (Å²) in [4.78, 5) is 12.3. The Labute approximate surface area is 133 Å². The standard InChI is InChI=1S/C17H19NO3S/c1-17(20,14-6-7-22-10-14)11-18-16(19)13-8-12-4-2-3-5-15(12)21-9-13/h2-7,10,13,20H,8-9,11H2,1H3,(H,18,19). The molecule has 2 heterocycles. The number of amides is 1. The topological polar surface area (TPSA) is 58.6 Å². The van der Waals surface area contributed by atoms with E-state index in [1.165, 1.54) is 11.3 Å². The molecule has 0 aliphatic carbocycles. The first-order chi connectivity index (χ1) is 10.6. The summed E-state index contributed by atoms with van der Waals surface area (Å²) in [5, 5.41) is 17.1. The molecule has 5 heteroatoms. The maximum absolute atomic E-state index is 12.3. The highest BCUT2D eigenvalue weighted by molar-refractivity contribution is 7.08. The number of hydrogen-bond donors (Lipinski definition) is 2. The molecule has 2 aromatic rings. The number of nitrogens with one attached hydrogen (secondary N) is 1. The van der Waals surface area contributed by atoms with Gasteiger partial charge >= 0.3 is 0 Å². The van der Waals surface area contributed by atoms with Gasteiger partial charge in [-0.1, -0.05) is 18.2 Å². The van der Waals surface area contributed by atoms with Gasteiger partial charge in [0.15, 0.2) is 0 Å². The fourth-order valence-electron chi connectivity index (χ4n) is 2.57. The second kappa shape index (κ2) is 6.10. The minimum atomic E-state index is -1.05. The second-order valence-corrected chi connectivity index (χ2v) is 6.60. The summed E-state index contributed by atoms with van der Waals surface area (Å²) in [6, 6.07) is 9.65. The molecule has 3 rings (SSSR count). The summed E-state index contributed by atoms with van der Waals surface area (Å²) < 4.78 is 5.64. The molecule has 2 unspecified atom stereocenters. The number of carbonyl (C=O) groups excluding carboxylic acids is 1. The van der Waals surface area contributed by atoms with Crippen LogP contribution in [-0.2, 0) is 16.8 Å². The van der Waals surface area contributed by atoms with Crippen molar-refractivity contribution in [2.75, 3.05) is 13.2 Å². The zero-order valence-electron chi connectivity index (χ0n) is 12.4. The summed E-state index contributed by atoms with van der Waals surface area (Å²) in [5.41, 5.74) is 0.824. The molecule has 116 valence electrons. The fraction of sp³-hybridized carbons (Fsp3) is 0.353. The number of para-hydroxylation sites is 1. The highest BCUT2D eigenvalue weighted by Crippen LogP contribution is 2.27. The van der Waals surface area contributed by atoms with Crippen molar-refractivity contribution in [1.29, 1.82) is 0 Å². The third kappa shape index (κ3) is 3.15. The van der Waals surface area contributed by atoms with Crippen molar-refractivity contribution in [3.63, 3.8) is 0 Å². The predicted octanol–water partition coefficient (Wildman–Crippen LogP) is 2.32. The van der Waals surface area contributed by atoms with E-state index >= 15 is 0 Å². The predicted molar refractivity (Wildman–Crippen MR) is 86.0 cm³/mol. The molecule has 4 nitrogen and oxygen atoms in total. The molecule has 0 spiro atoms. The summed E-state index contributed by atoms with van der Waals surface area (Å²) in [6.07, 6.45) is 0.669. The van der Waals surface area contributed by atoms with E-state index in [1.54, 1.807) is 6.92 Å². The number of rotatable bonds is 4. The van der Waals surface area contributed by atoms with Gasteiger partial charge in [0.05, 0.1) is 12.5 Å². The first-order valence-corrected chi connectivity index (χ1v) is 8.24. The Balaban J connectivity index is 1.59. The highest BCUT2D eigenvalue weighted by atomic mass is 32.1. The monoisotopic (exact) mass is 317 g/mol. The minimum Gasteiger partial charge on any atom is -0.492 e.